The molecular formula is C31H37NO4. The molecule has 1 aliphatic rings. The standard InChI is InChI=1S/C31H37NO4/c1-24(33)25-15-16-29(30(23-25)34-2)36-22-10-19-32-20-17-28(18-21-32)31(35-3,26-11-6-4-7-12-26)27-13-8-5-9-14-27/h4-9,11-16,23,28H,10,17-22H2,1-3H3. The second-order valence-electron chi connectivity index (χ2n) is 9.41. The lowest BCUT2D eigenvalue weighted by Crippen LogP contribution is -2.45. The molecule has 0 saturated carbocycles. The van der Waals surface area contributed by atoms with Gasteiger partial charge in [0.25, 0.3) is 0 Å². The van der Waals surface area contributed by atoms with E-state index in [0.29, 0.717) is 29.6 Å². The van der Waals surface area contributed by atoms with Crippen LogP contribution in [0.3, 0.4) is 0 Å². The smallest absolute Gasteiger partial charge is 0.161 e. The van der Waals surface area contributed by atoms with Crippen LogP contribution in [0.4, 0.5) is 0 Å². The van der Waals surface area contributed by atoms with Gasteiger partial charge in [0.1, 0.15) is 5.60 Å². The Morgan fingerprint density at radius 2 is 1.50 bits per heavy atom. The number of piperidine rings is 1. The van der Waals surface area contributed by atoms with Gasteiger partial charge in [0.05, 0.1) is 13.7 Å². The first kappa shape index (κ1) is 25.9. The van der Waals surface area contributed by atoms with Crippen LogP contribution >= 0.6 is 0 Å². The number of methoxy groups -OCH3 is 2. The zero-order valence-electron chi connectivity index (χ0n) is 21.6. The number of nitrogens with zero attached hydrogens (tertiary/aromatic N) is 1. The van der Waals surface area contributed by atoms with Crippen molar-refractivity contribution in [1.29, 1.82) is 0 Å². The summed E-state index contributed by atoms with van der Waals surface area (Å²) in [5, 5.41) is 0. The highest BCUT2D eigenvalue weighted by Crippen LogP contribution is 2.44. The van der Waals surface area contributed by atoms with E-state index in [-0.39, 0.29) is 5.78 Å². The second-order valence-corrected chi connectivity index (χ2v) is 9.41. The number of ether oxygens (including phenoxy) is 3. The number of carbonyl (C=O) groups is 1. The molecule has 1 fully saturated rings. The topological polar surface area (TPSA) is 48.0 Å². The van der Waals surface area contributed by atoms with Gasteiger partial charge in [-0.25, -0.2) is 0 Å². The average Bonchev–Trinajstić information content (AvgIpc) is 2.93. The number of likely N-dealkylation sites (tertiary alicyclic amines) is 1. The van der Waals surface area contributed by atoms with Crippen molar-refractivity contribution >= 4 is 5.78 Å². The Balaban J connectivity index is 1.35. The predicted octanol–water partition coefficient (Wildman–Crippen LogP) is 5.97. The number of ketones is 1. The van der Waals surface area contributed by atoms with E-state index in [0.717, 1.165) is 38.9 Å². The maximum absolute atomic E-state index is 11.6. The van der Waals surface area contributed by atoms with E-state index in [1.807, 2.05) is 13.2 Å². The molecule has 0 aliphatic carbocycles. The Labute approximate surface area is 215 Å². The first-order valence-corrected chi connectivity index (χ1v) is 12.8. The molecule has 36 heavy (non-hydrogen) atoms. The van der Waals surface area contributed by atoms with Crippen molar-refractivity contribution in [3.8, 4) is 11.5 Å². The fourth-order valence-corrected chi connectivity index (χ4v) is 5.45. The Bertz CT molecular complexity index is 1070. The molecule has 5 nitrogen and oxygen atoms in total. The summed E-state index contributed by atoms with van der Waals surface area (Å²) in [5.74, 6) is 1.68. The molecule has 0 bridgehead atoms. The fourth-order valence-electron chi connectivity index (χ4n) is 5.45. The van der Waals surface area contributed by atoms with Crippen molar-refractivity contribution in [2.45, 2.75) is 31.8 Å². The molecule has 3 aromatic rings. The van der Waals surface area contributed by atoms with Gasteiger partial charge in [-0.15, -0.1) is 0 Å². The van der Waals surface area contributed by atoms with E-state index < -0.39 is 5.60 Å². The van der Waals surface area contributed by atoms with Crippen molar-refractivity contribution in [1.82, 2.24) is 4.90 Å². The number of rotatable bonds is 11. The normalized spacial score (nSPS) is 15.0. The van der Waals surface area contributed by atoms with Crippen molar-refractivity contribution in [2.24, 2.45) is 5.92 Å². The maximum Gasteiger partial charge on any atom is 0.161 e. The summed E-state index contributed by atoms with van der Waals surface area (Å²) in [6.07, 6.45) is 3.06. The van der Waals surface area contributed by atoms with Crippen LogP contribution < -0.4 is 9.47 Å². The highest BCUT2D eigenvalue weighted by Gasteiger charge is 2.43. The lowest BCUT2D eigenvalue weighted by molar-refractivity contribution is -0.0509. The first-order valence-electron chi connectivity index (χ1n) is 12.8. The van der Waals surface area contributed by atoms with Crippen molar-refractivity contribution in [3.05, 3.63) is 95.6 Å². The van der Waals surface area contributed by atoms with E-state index >= 15 is 0 Å². The molecule has 0 unspecified atom stereocenters. The van der Waals surface area contributed by atoms with Gasteiger partial charge in [0.2, 0.25) is 0 Å². The minimum absolute atomic E-state index is 0.0141. The molecule has 0 radical (unpaired) electrons. The summed E-state index contributed by atoms with van der Waals surface area (Å²) in [5.41, 5.74) is 2.62. The third-order valence-corrected chi connectivity index (χ3v) is 7.34. The number of hydrogen-bond donors (Lipinski definition) is 0. The zero-order chi connectivity index (χ0) is 25.4. The molecule has 0 amide bonds. The van der Waals surface area contributed by atoms with E-state index in [1.165, 1.54) is 11.1 Å². The molecule has 5 heteroatoms. The quantitative estimate of drug-likeness (QED) is 0.246. The minimum atomic E-state index is -0.444. The first-order chi connectivity index (χ1) is 17.6. The number of Topliss-reactive ketones (excluding diaryl/α,β-unsaturated/α-hetero) is 1. The Kier molecular flexibility index (Phi) is 8.79. The average molecular weight is 488 g/mol. The predicted molar refractivity (Wildman–Crippen MR) is 143 cm³/mol. The van der Waals surface area contributed by atoms with Crippen LogP contribution in [0.25, 0.3) is 0 Å². The zero-order valence-corrected chi connectivity index (χ0v) is 21.6. The highest BCUT2D eigenvalue weighted by atomic mass is 16.5. The van der Waals surface area contributed by atoms with Crippen LogP contribution in [-0.4, -0.2) is 51.1 Å². The number of carbonyl (C=O) groups excluding carboxylic acids is 1. The van der Waals surface area contributed by atoms with Gasteiger partial charge in [-0.2, -0.15) is 0 Å². The van der Waals surface area contributed by atoms with Gasteiger partial charge in [0, 0.05) is 19.2 Å². The van der Waals surface area contributed by atoms with Crippen molar-refractivity contribution in [2.75, 3.05) is 40.5 Å². The molecule has 0 aromatic heterocycles. The van der Waals surface area contributed by atoms with Gasteiger partial charge in [-0.1, -0.05) is 60.7 Å². The molecule has 0 spiro atoms. The van der Waals surface area contributed by atoms with Crippen LogP contribution in [0, 0.1) is 5.92 Å². The van der Waals surface area contributed by atoms with E-state index in [1.54, 1.807) is 26.2 Å². The molecule has 0 N–H and O–H groups in total. The molecular weight excluding hydrogens is 450 g/mol. The van der Waals surface area contributed by atoms with Crippen LogP contribution in [0.1, 0.15) is 47.7 Å². The molecule has 4 rings (SSSR count). The Hall–Kier alpha value is -3.15. The summed E-state index contributed by atoms with van der Waals surface area (Å²) in [4.78, 5) is 14.1. The summed E-state index contributed by atoms with van der Waals surface area (Å²) < 4.78 is 17.8. The molecule has 1 heterocycles. The van der Waals surface area contributed by atoms with Gasteiger partial charge in [-0.3, -0.25) is 4.79 Å². The van der Waals surface area contributed by atoms with Crippen LogP contribution in [0.15, 0.2) is 78.9 Å². The molecule has 1 aliphatic heterocycles. The Morgan fingerprint density at radius 1 is 0.889 bits per heavy atom. The van der Waals surface area contributed by atoms with E-state index in [4.69, 9.17) is 14.2 Å². The van der Waals surface area contributed by atoms with Crippen LogP contribution in [0.5, 0.6) is 11.5 Å². The van der Waals surface area contributed by atoms with Crippen molar-refractivity contribution in [3.63, 3.8) is 0 Å². The molecule has 190 valence electrons. The van der Waals surface area contributed by atoms with E-state index in [9.17, 15) is 4.79 Å². The maximum atomic E-state index is 11.6. The van der Waals surface area contributed by atoms with Crippen LogP contribution in [-0.2, 0) is 10.3 Å². The number of hydrogen-bond acceptors (Lipinski definition) is 5. The van der Waals surface area contributed by atoms with Crippen molar-refractivity contribution < 1.29 is 19.0 Å². The summed E-state index contributed by atoms with van der Waals surface area (Å²) in [6.45, 7) is 5.20. The Morgan fingerprint density at radius 3 is 2.03 bits per heavy atom. The van der Waals surface area contributed by atoms with E-state index in [2.05, 4.69) is 65.6 Å². The lowest BCUT2D eigenvalue weighted by atomic mass is 9.71. The molecule has 3 aromatic carbocycles. The second kappa shape index (κ2) is 12.2. The minimum Gasteiger partial charge on any atom is -0.493 e. The monoisotopic (exact) mass is 487 g/mol. The van der Waals surface area contributed by atoms with Crippen LogP contribution in [0.2, 0.25) is 0 Å². The van der Waals surface area contributed by atoms with Gasteiger partial charge in [0.15, 0.2) is 17.3 Å². The SMILES string of the molecule is COc1cc(C(C)=O)ccc1OCCCN1CCC(C(OC)(c2ccccc2)c2ccccc2)CC1. The summed E-state index contributed by atoms with van der Waals surface area (Å²) in [7, 11) is 3.45. The fraction of sp³-hybridized carbons (Fsp3) is 0.387. The van der Waals surface area contributed by atoms with Gasteiger partial charge in [-0.05, 0) is 74.5 Å². The van der Waals surface area contributed by atoms with Gasteiger partial charge < -0.3 is 19.1 Å². The number of benzene rings is 3. The third kappa shape index (κ3) is 5.63. The largest absolute Gasteiger partial charge is 0.493 e. The molecule has 1 saturated heterocycles. The summed E-state index contributed by atoms with van der Waals surface area (Å²) in [6, 6.07) is 26.6. The lowest BCUT2D eigenvalue weighted by Gasteiger charge is -2.44. The third-order valence-electron chi connectivity index (χ3n) is 7.34. The highest BCUT2D eigenvalue weighted by molar-refractivity contribution is 5.94. The van der Waals surface area contributed by atoms with Gasteiger partial charge >= 0.3 is 0 Å². The summed E-state index contributed by atoms with van der Waals surface area (Å²) >= 11 is 0. The molecule has 0 atom stereocenters.